The number of nitrogens with one attached hydrogen (secondary N) is 1. The molecular formula is C15H21NS2. The van der Waals surface area contributed by atoms with Crippen molar-refractivity contribution in [3.63, 3.8) is 0 Å². The molecule has 0 aliphatic carbocycles. The lowest BCUT2D eigenvalue weighted by Crippen LogP contribution is -2.20. The van der Waals surface area contributed by atoms with E-state index in [0.717, 1.165) is 6.54 Å². The van der Waals surface area contributed by atoms with Crippen molar-refractivity contribution in [2.75, 3.05) is 6.54 Å². The summed E-state index contributed by atoms with van der Waals surface area (Å²) in [6.07, 6.45) is 3.70. The molecule has 0 spiro atoms. The van der Waals surface area contributed by atoms with Gasteiger partial charge in [-0.05, 0) is 56.3 Å². The highest BCUT2D eigenvalue weighted by Crippen LogP contribution is 2.27. The van der Waals surface area contributed by atoms with Crippen molar-refractivity contribution in [2.45, 2.75) is 39.2 Å². The van der Waals surface area contributed by atoms with Crippen LogP contribution in [0.1, 0.15) is 40.4 Å². The van der Waals surface area contributed by atoms with Gasteiger partial charge >= 0.3 is 0 Å². The highest BCUT2D eigenvalue weighted by Gasteiger charge is 2.11. The molecule has 0 fully saturated rings. The molecule has 18 heavy (non-hydrogen) atoms. The summed E-state index contributed by atoms with van der Waals surface area (Å²) in [6.45, 7) is 5.41. The number of thiophene rings is 2. The number of aryl methyl sites for hydroxylation is 2. The van der Waals surface area contributed by atoms with Crippen LogP contribution in [0.5, 0.6) is 0 Å². The van der Waals surface area contributed by atoms with Gasteiger partial charge in [-0.15, -0.1) is 22.7 Å². The summed E-state index contributed by atoms with van der Waals surface area (Å²) >= 11 is 3.79. The first-order chi connectivity index (χ1) is 8.79. The Kier molecular flexibility index (Phi) is 5.42. The van der Waals surface area contributed by atoms with Gasteiger partial charge in [0.1, 0.15) is 0 Å². The van der Waals surface area contributed by atoms with Gasteiger partial charge in [-0.25, -0.2) is 0 Å². The van der Waals surface area contributed by atoms with Crippen LogP contribution >= 0.6 is 22.7 Å². The molecule has 98 valence electrons. The predicted molar refractivity (Wildman–Crippen MR) is 82.7 cm³/mol. The molecule has 0 aliphatic heterocycles. The molecule has 3 heteroatoms. The van der Waals surface area contributed by atoms with E-state index in [1.807, 2.05) is 22.7 Å². The summed E-state index contributed by atoms with van der Waals surface area (Å²) in [6, 6.07) is 9.42. The van der Waals surface area contributed by atoms with Gasteiger partial charge in [-0.2, -0.15) is 0 Å². The van der Waals surface area contributed by atoms with Gasteiger partial charge in [-0.3, -0.25) is 0 Å². The van der Waals surface area contributed by atoms with Crippen molar-refractivity contribution in [2.24, 2.45) is 0 Å². The molecule has 0 saturated carbocycles. The van der Waals surface area contributed by atoms with Crippen LogP contribution in [0.25, 0.3) is 0 Å². The Morgan fingerprint density at radius 2 is 2.17 bits per heavy atom. The molecule has 1 nitrogen and oxygen atoms in total. The van der Waals surface area contributed by atoms with Crippen LogP contribution in [0.4, 0.5) is 0 Å². The minimum absolute atomic E-state index is 0.536. The summed E-state index contributed by atoms with van der Waals surface area (Å²) in [5.74, 6) is 0. The summed E-state index contributed by atoms with van der Waals surface area (Å²) in [5.41, 5.74) is 0. The lowest BCUT2D eigenvalue weighted by atomic mass is 10.1. The average Bonchev–Trinajstić information content (AvgIpc) is 2.99. The van der Waals surface area contributed by atoms with Crippen molar-refractivity contribution in [3.05, 3.63) is 44.3 Å². The first-order valence-electron chi connectivity index (χ1n) is 6.61. The van der Waals surface area contributed by atoms with Crippen LogP contribution in [0.3, 0.4) is 0 Å². The number of hydrogen-bond acceptors (Lipinski definition) is 3. The topological polar surface area (TPSA) is 12.0 Å². The zero-order valence-corrected chi connectivity index (χ0v) is 12.7. The van der Waals surface area contributed by atoms with Gasteiger partial charge in [0.05, 0.1) is 0 Å². The fourth-order valence-corrected chi connectivity index (χ4v) is 3.91. The van der Waals surface area contributed by atoms with Crippen molar-refractivity contribution in [1.29, 1.82) is 0 Å². The third-order valence-electron chi connectivity index (χ3n) is 3.05. The monoisotopic (exact) mass is 279 g/mol. The second-order valence-corrected chi connectivity index (χ2v) is 6.88. The van der Waals surface area contributed by atoms with Crippen molar-refractivity contribution in [3.8, 4) is 0 Å². The van der Waals surface area contributed by atoms with E-state index >= 15 is 0 Å². The molecule has 0 radical (unpaired) electrons. The maximum absolute atomic E-state index is 3.61. The Hall–Kier alpha value is -0.640. The van der Waals surface area contributed by atoms with Crippen LogP contribution in [0, 0.1) is 6.92 Å². The molecule has 2 rings (SSSR count). The fraction of sp³-hybridized carbons (Fsp3) is 0.467. The van der Waals surface area contributed by atoms with E-state index in [1.165, 1.54) is 33.9 Å². The van der Waals surface area contributed by atoms with Crippen molar-refractivity contribution < 1.29 is 0 Å². The smallest absolute Gasteiger partial charge is 0.0414 e. The molecule has 1 N–H and O–H groups in total. The first-order valence-corrected chi connectivity index (χ1v) is 8.31. The normalized spacial score (nSPS) is 12.8. The molecule has 0 saturated heterocycles. The van der Waals surface area contributed by atoms with E-state index in [2.05, 4.69) is 48.8 Å². The standard InChI is InChI=1S/C15H21NS2/c1-3-16-14(15-10-9-12(2)18-15)8-4-6-13-7-5-11-17-13/h5,7,9-11,14,16H,3-4,6,8H2,1-2H3. The lowest BCUT2D eigenvalue weighted by molar-refractivity contribution is 0.506. The fourth-order valence-electron chi connectivity index (χ4n) is 2.17. The Labute approximate surface area is 118 Å². The van der Waals surface area contributed by atoms with Gasteiger partial charge in [0.15, 0.2) is 0 Å². The van der Waals surface area contributed by atoms with Gasteiger partial charge in [-0.1, -0.05) is 13.0 Å². The van der Waals surface area contributed by atoms with E-state index in [0.29, 0.717) is 6.04 Å². The van der Waals surface area contributed by atoms with E-state index in [1.54, 1.807) is 0 Å². The largest absolute Gasteiger partial charge is 0.310 e. The van der Waals surface area contributed by atoms with Crippen LogP contribution in [0.15, 0.2) is 29.6 Å². The summed E-state index contributed by atoms with van der Waals surface area (Å²) in [4.78, 5) is 4.40. The van der Waals surface area contributed by atoms with Crippen LogP contribution in [-0.4, -0.2) is 6.54 Å². The Balaban J connectivity index is 1.86. The zero-order valence-electron chi connectivity index (χ0n) is 11.1. The highest BCUT2D eigenvalue weighted by molar-refractivity contribution is 7.12. The van der Waals surface area contributed by atoms with Crippen molar-refractivity contribution >= 4 is 22.7 Å². The minimum Gasteiger partial charge on any atom is -0.310 e. The molecule has 0 amide bonds. The van der Waals surface area contributed by atoms with Gasteiger partial charge in [0.2, 0.25) is 0 Å². The van der Waals surface area contributed by atoms with Gasteiger partial charge in [0.25, 0.3) is 0 Å². The molecule has 1 unspecified atom stereocenters. The third kappa shape index (κ3) is 3.94. The molecule has 2 aromatic rings. The Bertz CT molecular complexity index is 445. The minimum atomic E-state index is 0.536. The molecular weight excluding hydrogens is 258 g/mol. The summed E-state index contributed by atoms with van der Waals surface area (Å²) in [7, 11) is 0. The quantitative estimate of drug-likeness (QED) is 0.768. The van der Waals surface area contributed by atoms with Crippen LogP contribution in [-0.2, 0) is 6.42 Å². The van der Waals surface area contributed by atoms with Crippen LogP contribution in [0.2, 0.25) is 0 Å². The Morgan fingerprint density at radius 1 is 1.28 bits per heavy atom. The molecule has 0 aliphatic rings. The van der Waals surface area contributed by atoms with E-state index in [-0.39, 0.29) is 0 Å². The number of hydrogen-bond donors (Lipinski definition) is 1. The average molecular weight is 279 g/mol. The van der Waals surface area contributed by atoms with E-state index < -0.39 is 0 Å². The van der Waals surface area contributed by atoms with E-state index in [4.69, 9.17) is 0 Å². The number of rotatable bonds is 7. The second-order valence-electron chi connectivity index (χ2n) is 4.53. The maximum atomic E-state index is 3.61. The van der Waals surface area contributed by atoms with Crippen molar-refractivity contribution in [1.82, 2.24) is 5.32 Å². The molecule has 1 atom stereocenters. The second kappa shape index (κ2) is 7.07. The van der Waals surface area contributed by atoms with Gasteiger partial charge in [0, 0.05) is 20.7 Å². The Morgan fingerprint density at radius 3 is 2.78 bits per heavy atom. The highest BCUT2D eigenvalue weighted by atomic mass is 32.1. The SMILES string of the molecule is CCNC(CCCc1cccs1)c1ccc(C)s1. The molecule has 0 aromatic carbocycles. The van der Waals surface area contributed by atoms with Gasteiger partial charge < -0.3 is 5.32 Å². The lowest BCUT2D eigenvalue weighted by Gasteiger charge is -2.16. The molecule has 2 heterocycles. The zero-order chi connectivity index (χ0) is 12.8. The third-order valence-corrected chi connectivity index (χ3v) is 5.10. The first kappa shape index (κ1) is 13.8. The summed E-state index contributed by atoms with van der Waals surface area (Å²) in [5, 5.41) is 5.77. The van der Waals surface area contributed by atoms with E-state index in [9.17, 15) is 0 Å². The molecule has 0 bridgehead atoms. The van der Waals surface area contributed by atoms with Crippen LogP contribution < -0.4 is 5.32 Å². The maximum Gasteiger partial charge on any atom is 0.0414 e. The molecule has 2 aromatic heterocycles. The predicted octanol–water partition coefficient (Wildman–Crippen LogP) is 4.79. The summed E-state index contributed by atoms with van der Waals surface area (Å²) < 4.78 is 0.